The summed E-state index contributed by atoms with van der Waals surface area (Å²) in [6.07, 6.45) is 2.40. The van der Waals surface area contributed by atoms with Crippen molar-refractivity contribution in [2.45, 2.75) is 25.4 Å². The van der Waals surface area contributed by atoms with Gasteiger partial charge < -0.3 is 14.8 Å². The van der Waals surface area contributed by atoms with Crippen molar-refractivity contribution in [2.75, 3.05) is 6.54 Å². The first-order valence-corrected chi connectivity index (χ1v) is 9.20. The number of carbonyl (C=O) groups is 2. The summed E-state index contributed by atoms with van der Waals surface area (Å²) in [5.41, 5.74) is 1.19. The van der Waals surface area contributed by atoms with Crippen LogP contribution in [0.3, 0.4) is 0 Å². The van der Waals surface area contributed by atoms with E-state index < -0.39 is 0 Å². The third-order valence-electron chi connectivity index (χ3n) is 5.01. The molecule has 1 aliphatic heterocycles. The highest BCUT2D eigenvalue weighted by molar-refractivity contribution is 5.95. The summed E-state index contributed by atoms with van der Waals surface area (Å²) in [5.74, 6) is 1.01. The van der Waals surface area contributed by atoms with E-state index in [1.54, 1.807) is 27.7 Å². The molecule has 1 aromatic carbocycles. The van der Waals surface area contributed by atoms with E-state index in [1.807, 2.05) is 44.4 Å². The highest BCUT2D eigenvalue weighted by Crippen LogP contribution is 2.31. The molecule has 1 saturated heterocycles. The third kappa shape index (κ3) is 3.40. The van der Waals surface area contributed by atoms with E-state index in [0.717, 1.165) is 0 Å². The molecule has 0 radical (unpaired) electrons. The van der Waals surface area contributed by atoms with Gasteiger partial charge in [-0.15, -0.1) is 0 Å². The minimum atomic E-state index is -0.298. The van der Waals surface area contributed by atoms with E-state index in [2.05, 4.69) is 20.5 Å². The largest absolute Gasteiger partial charge is 0.347 e. The van der Waals surface area contributed by atoms with Crippen molar-refractivity contribution in [3.63, 3.8) is 0 Å². The van der Waals surface area contributed by atoms with Gasteiger partial charge in [-0.05, 0) is 37.6 Å². The molecule has 0 bridgehead atoms. The standard InChI is InChI=1S/C20H22N6O2/c1-13-21-18(24-23-13)17-11-15(22-19(27)14-7-4-3-5-8-14)12-26(17)20(28)16-9-6-10-25(16)2/h3-10,15,17H,11-12H2,1-2H3,(H,22,27)(H,21,23,24)/t15-,17-/m0/s1. The van der Waals surface area contributed by atoms with Gasteiger partial charge in [-0.1, -0.05) is 18.2 Å². The predicted octanol–water partition coefficient (Wildman–Crippen LogP) is 1.84. The molecular formula is C20H22N6O2. The lowest BCUT2D eigenvalue weighted by atomic mass is 10.1. The fourth-order valence-corrected chi connectivity index (χ4v) is 3.61. The molecule has 2 atom stereocenters. The minimum absolute atomic E-state index is 0.101. The van der Waals surface area contributed by atoms with E-state index in [1.165, 1.54) is 0 Å². The lowest BCUT2D eigenvalue weighted by molar-refractivity contribution is 0.0715. The molecule has 3 aromatic rings. The van der Waals surface area contributed by atoms with Gasteiger partial charge in [0.1, 0.15) is 11.5 Å². The Morgan fingerprint density at radius 2 is 1.96 bits per heavy atom. The molecule has 1 fully saturated rings. The average Bonchev–Trinajstić information content (AvgIpc) is 3.42. The lowest BCUT2D eigenvalue weighted by Gasteiger charge is -2.22. The Labute approximate surface area is 162 Å². The second kappa shape index (κ2) is 7.30. The molecule has 2 aromatic heterocycles. The Morgan fingerprint density at radius 1 is 1.18 bits per heavy atom. The van der Waals surface area contributed by atoms with Crippen molar-refractivity contribution in [1.29, 1.82) is 0 Å². The molecule has 4 rings (SSSR count). The van der Waals surface area contributed by atoms with Crippen molar-refractivity contribution in [3.8, 4) is 0 Å². The van der Waals surface area contributed by atoms with Crippen LogP contribution in [-0.2, 0) is 7.05 Å². The number of nitrogens with one attached hydrogen (secondary N) is 2. The topological polar surface area (TPSA) is 95.9 Å². The third-order valence-corrected chi connectivity index (χ3v) is 5.01. The molecule has 28 heavy (non-hydrogen) atoms. The maximum atomic E-state index is 13.1. The van der Waals surface area contributed by atoms with Gasteiger partial charge in [0.15, 0.2) is 5.82 Å². The number of aromatic nitrogens is 4. The van der Waals surface area contributed by atoms with Crippen LogP contribution < -0.4 is 5.32 Å². The van der Waals surface area contributed by atoms with Crippen LogP contribution in [0.2, 0.25) is 0 Å². The number of hydrogen-bond donors (Lipinski definition) is 2. The SMILES string of the molecule is Cc1nc([C@@H]2C[C@H](NC(=O)c3ccccc3)CN2C(=O)c2cccn2C)n[nH]1. The molecule has 144 valence electrons. The van der Waals surface area contributed by atoms with Gasteiger partial charge in [-0.3, -0.25) is 14.7 Å². The van der Waals surface area contributed by atoms with Gasteiger partial charge >= 0.3 is 0 Å². The van der Waals surface area contributed by atoms with Crippen molar-refractivity contribution in [3.05, 3.63) is 71.6 Å². The number of H-pyrrole nitrogens is 1. The number of hydrogen-bond acceptors (Lipinski definition) is 4. The summed E-state index contributed by atoms with van der Waals surface area (Å²) in [6, 6.07) is 12.2. The molecule has 8 nitrogen and oxygen atoms in total. The molecule has 1 aliphatic rings. The second-order valence-electron chi connectivity index (χ2n) is 7.03. The number of nitrogens with zero attached hydrogens (tertiary/aromatic N) is 4. The molecule has 0 aliphatic carbocycles. The van der Waals surface area contributed by atoms with E-state index in [0.29, 0.717) is 35.9 Å². The Hall–Kier alpha value is -3.42. The smallest absolute Gasteiger partial charge is 0.271 e. The van der Waals surface area contributed by atoms with Crippen molar-refractivity contribution in [1.82, 2.24) is 30.0 Å². The molecule has 3 heterocycles. The van der Waals surface area contributed by atoms with Gasteiger partial charge in [0.2, 0.25) is 0 Å². The zero-order valence-corrected chi connectivity index (χ0v) is 15.8. The average molecular weight is 378 g/mol. The Balaban J connectivity index is 1.57. The summed E-state index contributed by atoms with van der Waals surface area (Å²) in [7, 11) is 1.84. The van der Waals surface area contributed by atoms with Crippen LogP contribution in [0.5, 0.6) is 0 Å². The van der Waals surface area contributed by atoms with Gasteiger partial charge in [-0.2, -0.15) is 5.10 Å². The summed E-state index contributed by atoms with van der Waals surface area (Å²) in [5, 5.41) is 10.1. The van der Waals surface area contributed by atoms with Gasteiger partial charge in [0.25, 0.3) is 11.8 Å². The number of amides is 2. The first-order valence-electron chi connectivity index (χ1n) is 9.20. The van der Waals surface area contributed by atoms with E-state index in [9.17, 15) is 9.59 Å². The van der Waals surface area contributed by atoms with Crippen LogP contribution in [-0.4, -0.2) is 49.0 Å². The lowest BCUT2D eigenvalue weighted by Crippen LogP contribution is -2.39. The Bertz CT molecular complexity index is 993. The predicted molar refractivity (Wildman–Crippen MR) is 103 cm³/mol. The zero-order valence-electron chi connectivity index (χ0n) is 15.8. The monoisotopic (exact) mass is 378 g/mol. The van der Waals surface area contributed by atoms with E-state index >= 15 is 0 Å². The molecule has 0 saturated carbocycles. The van der Waals surface area contributed by atoms with Crippen LogP contribution in [0, 0.1) is 6.92 Å². The first kappa shape index (κ1) is 18.0. The molecule has 0 unspecified atom stereocenters. The van der Waals surface area contributed by atoms with Crippen molar-refractivity contribution < 1.29 is 9.59 Å². The number of carbonyl (C=O) groups excluding carboxylic acids is 2. The van der Waals surface area contributed by atoms with E-state index in [4.69, 9.17) is 0 Å². The maximum absolute atomic E-state index is 13.1. The van der Waals surface area contributed by atoms with Crippen LogP contribution in [0.15, 0.2) is 48.7 Å². The van der Waals surface area contributed by atoms with Crippen LogP contribution >= 0.6 is 0 Å². The van der Waals surface area contributed by atoms with Crippen LogP contribution in [0.4, 0.5) is 0 Å². The Morgan fingerprint density at radius 3 is 2.61 bits per heavy atom. The molecule has 0 spiro atoms. The van der Waals surface area contributed by atoms with Gasteiger partial charge in [0.05, 0.1) is 6.04 Å². The molecular weight excluding hydrogens is 356 g/mol. The minimum Gasteiger partial charge on any atom is -0.347 e. The number of aryl methyl sites for hydroxylation is 2. The van der Waals surface area contributed by atoms with Crippen molar-refractivity contribution in [2.24, 2.45) is 7.05 Å². The highest BCUT2D eigenvalue weighted by Gasteiger charge is 2.40. The quantitative estimate of drug-likeness (QED) is 0.724. The summed E-state index contributed by atoms with van der Waals surface area (Å²) in [4.78, 5) is 31.9. The highest BCUT2D eigenvalue weighted by atomic mass is 16.2. The van der Waals surface area contributed by atoms with E-state index in [-0.39, 0.29) is 23.9 Å². The number of rotatable bonds is 4. The Kier molecular flexibility index (Phi) is 4.68. The fourth-order valence-electron chi connectivity index (χ4n) is 3.61. The van der Waals surface area contributed by atoms with Crippen molar-refractivity contribution >= 4 is 11.8 Å². The summed E-state index contributed by atoms with van der Waals surface area (Å²) >= 11 is 0. The van der Waals surface area contributed by atoms with Gasteiger partial charge in [0, 0.05) is 31.4 Å². The summed E-state index contributed by atoms with van der Waals surface area (Å²) < 4.78 is 1.79. The summed E-state index contributed by atoms with van der Waals surface area (Å²) in [6.45, 7) is 2.23. The van der Waals surface area contributed by atoms with Gasteiger partial charge in [-0.25, -0.2) is 4.98 Å². The second-order valence-corrected chi connectivity index (χ2v) is 7.03. The number of aromatic amines is 1. The molecule has 8 heteroatoms. The normalized spacial score (nSPS) is 19.0. The maximum Gasteiger partial charge on any atom is 0.271 e. The number of benzene rings is 1. The zero-order chi connectivity index (χ0) is 19.7. The molecule has 2 amide bonds. The van der Waals surface area contributed by atoms with Crippen LogP contribution in [0.25, 0.3) is 0 Å². The molecule has 2 N–H and O–H groups in total. The first-order chi connectivity index (χ1) is 13.5. The van der Waals surface area contributed by atoms with Crippen LogP contribution in [0.1, 0.15) is 45.0 Å². The number of likely N-dealkylation sites (tertiary alicyclic amines) is 1. The fraction of sp³-hybridized carbons (Fsp3) is 0.300.